The molecule has 0 atom stereocenters. The van der Waals surface area contributed by atoms with Gasteiger partial charge in [-0.3, -0.25) is 0 Å². The molecule has 0 aromatic carbocycles. The third-order valence-corrected chi connectivity index (χ3v) is 1.47. The van der Waals surface area contributed by atoms with E-state index in [2.05, 4.69) is 25.0 Å². The number of terminal acetylenes is 1. The summed E-state index contributed by atoms with van der Waals surface area (Å²) >= 11 is 0. The molecule has 1 aliphatic rings. The van der Waals surface area contributed by atoms with E-state index in [4.69, 9.17) is 6.42 Å². The number of allylic oxidation sites excluding steroid dienone is 4. The van der Waals surface area contributed by atoms with Crippen molar-refractivity contribution in [2.24, 2.45) is 0 Å². The normalized spacial score (nSPS) is 17.8. The maximum atomic E-state index is 5.20. The summed E-state index contributed by atoms with van der Waals surface area (Å²) in [6, 6.07) is 0. The van der Waals surface area contributed by atoms with Crippen LogP contribution in [0.5, 0.6) is 0 Å². The zero-order valence-electron chi connectivity index (χ0n) is 5.65. The van der Waals surface area contributed by atoms with E-state index >= 15 is 0 Å². The molecule has 0 heteroatoms. The van der Waals surface area contributed by atoms with Crippen LogP contribution in [0.2, 0.25) is 0 Å². The summed E-state index contributed by atoms with van der Waals surface area (Å²) < 4.78 is 0. The average Bonchev–Trinajstić information content (AvgIpc) is 1.88. The minimum atomic E-state index is 1.04. The van der Waals surface area contributed by atoms with Gasteiger partial charge in [0.15, 0.2) is 0 Å². The van der Waals surface area contributed by atoms with Crippen molar-refractivity contribution < 1.29 is 0 Å². The van der Waals surface area contributed by atoms with Crippen LogP contribution in [-0.2, 0) is 0 Å². The fourth-order valence-corrected chi connectivity index (χ4v) is 0.952. The molecule has 0 nitrogen and oxygen atoms in total. The Morgan fingerprint density at radius 2 is 2.44 bits per heavy atom. The lowest BCUT2D eigenvalue weighted by molar-refractivity contribution is 0.954. The molecule has 1 aliphatic carbocycles. The van der Waals surface area contributed by atoms with Crippen LogP contribution >= 0.6 is 0 Å². The van der Waals surface area contributed by atoms with Gasteiger partial charge >= 0.3 is 0 Å². The van der Waals surface area contributed by atoms with Gasteiger partial charge in [-0.15, -0.1) is 6.42 Å². The van der Waals surface area contributed by atoms with E-state index in [9.17, 15) is 0 Å². The fraction of sp³-hybridized carbons (Fsp3) is 0.333. The summed E-state index contributed by atoms with van der Waals surface area (Å²) in [4.78, 5) is 0. The Labute approximate surface area is 56.3 Å². The van der Waals surface area contributed by atoms with Crippen molar-refractivity contribution in [2.45, 2.75) is 19.8 Å². The molecule has 0 unspecified atom stereocenters. The molecule has 0 N–H and O–H groups in total. The highest BCUT2D eigenvalue weighted by molar-refractivity contribution is 5.39. The molecule has 0 amide bonds. The molecule has 0 radical (unpaired) electrons. The Morgan fingerprint density at radius 1 is 1.67 bits per heavy atom. The maximum absolute atomic E-state index is 5.20. The second-order valence-electron chi connectivity index (χ2n) is 2.33. The summed E-state index contributed by atoms with van der Waals surface area (Å²) in [6.45, 7) is 2.12. The van der Waals surface area contributed by atoms with Crippen LogP contribution in [0.4, 0.5) is 0 Å². The van der Waals surface area contributed by atoms with Gasteiger partial charge in [0, 0.05) is 5.57 Å². The maximum Gasteiger partial charge on any atom is 0.0202 e. The first-order chi connectivity index (χ1) is 4.33. The predicted octanol–water partition coefficient (Wildman–Crippen LogP) is 2.29. The lowest BCUT2D eigenvalue weighted by atomic mass is 10.0. The molecule has 0 fully saturated rings. The van der Waals surface area contributed by atoms with E-state index in [1.165, 1.54) is 12.0 Å². The molecular weight excluding hydrogens is 108 g/mol. The van der Waals surface area contributed by atoms with Crippen LogP contribution in [0.3, 0.4) is 0 Å². The first kappa shape index (κ1) is 6.16. The zero-order valence-corrected chi connectivity index (χ0v) is 5.65. The second-order valence-corrected chi connectivity index (χ2v) is 2.33. The fourth-order valence-electron chi connectivity index (χ4n) is 0.952. The molecule has 0 aromatic heterocycles. The highest BCUT2D eigenvalue weighted by Crippen LogP contribution is 2.15. The van der Waals surface area contributed by atoms with Gasteiger partial charge in [-0.05, 0) is 25.8 Å². The highest BCUT2D eigenvalue weighted by Gasteiger charge is 1.96. The van der Waals surface area contributed by atoms with Gasteiger partial charge in [0.1, 0.15) is 0 Å². The van der Waals surface area contributed by atoms with E-state index in [0.29, 0.717) is 0 Å². The van der Waals surface area contributed by atoms with Crippen LogP contribution in [0.1, 0.15) is 19.8 Å². The minimum absolute atomic E-state index is 1.04. The lowest BCUT2D eigenvalue weighted by Crippen LogP contribution is -1.85. The second kappa shape index (κ2) is 2.55. The van der Waals surface area contributed by atoms with Crippen molar-refractivity contribution in [1.82, 2.24) is 0 Å². The lowest BCUT2D eigenvalue weighted by Gasteiger charge is -2.04. The third kappa shape index (κ3) is 1.47. The predicted molar refractivity (Wildman–Crippen MR) is 39.9 cm³/mol. The van der Waals surface area contributed by atoms with E-state index in [0.717, 1.165) is 12.0 Å². The van der Waals surface area contributed by atoms with E-state index in [1.54, 1.807) is 0 Å². The topological polar surface area (TPSA) is 0 Å². The van der Waals surface area contributed by atoms with Crippen LogP contribution < -0.4 is 0 Å². The first-order valence-corrected chi connectivity index (χ1v) is 3.17. The number of hydrogen-bond donors (Lipinski definition) is 0. The molecule has 1 rings (SSSR count). The monoisotopic (exact) mass is 118 g/mol. The Kier molecular flexibility index (Phi) is 1.75. The van der Waals surface area contributed by atoms with Gasteiger partial charge in [0.05, 0.1) is 0 Å². The summed E-state index contributed by atoms with van der Waals surface area (Å²) in [7, 11) is 0. The Morgan fingerprint density at radius 3 is 2.89 bits per heavy atom. The molecule has 0 aliphatic heterocycles. The molecule has 0 saturated heterocycles. The largest absolute Gasteiger partial charge is 0.115 e. The molecular formula is C9H10. The van der Waals surface area contributed by atoms with E-state index in [1.807, 2.05) is 0 Å². The van der Waals surface area contributed by atoms with Crippen molar-refractivity contribution in [3.05, 3.63) is 23.3 Å². The van der Waals surface area contributed by atoms with Crippen LogP contribution in [0.15, 0.2) is 23.3 Å². The summed E-state index contributed by atoms with van der Waals surface area (Å²) in [5.74, 6) is 2.62. The van der Waals surface area contributed by atoms with Crippen LogP contribution in [-0.4, -0.2) is 0 Å². The zero-order chi connectivity index (χ0) is 6.69. The molecule has 0 aromatic rings. The smallest absolute Gasteiger partial charge is 0.0202 e. The quantitative estimate of drug-likeness (QED) is 0.428. The van der Waals surface area contributed by atoms with Crippen LogP contribution in [0.25, 0.3) is 0 Å². The molecule has 0 bridgehead atoms. The Balaban J connectivity index is 2.78. The van der Waals surface area contributed by atoms with Crippen LogP contribution in [0, 0.1) is 12.3 Å². The molecule has 0 saturated carbocycles. The average molecular weight is 118 g/mol. The molecule has 0 heterocycles. The number of hydrogen-bond acceptors (Lipinski definition) is 0. The van der Waals surface area contributed by atoms with Gasteiger partial charge in [-0.2, -0.15) is 0 Å². The van der Waals surface area contributed by atoms with Gasteiger partial charge in [0.25, 0.3) is 0 Å². The molecule has 9 heavy (non-hydrogen) atoms. The van der Waals surface area contributed by atoms with Crippen molar-refractivity contribution >= 4 is 0 Å². The number of rotatable bonds is 0. The Bertz CT molecular complexity index is 199. The van der Waals surface area contributed by atoms with E-state index in [-0.39, 0.29) is 0 Å². The van der Waals surface area contributed by atoms with Crippen molar-refractivity contribution in [1.29, 1.82) is 0 Å². The van der Waals surface area contributed by atoms with Crippen molar-refractivity contribution in [3.63, 3.8) is 0 Å². The SMILES string of the molecule is C#CC1=CCCC(C)=C1. The van der Waals surface area contributed by atoms with E-state index < -0.39 is 0 Å². The van der Waals surface area contributed by atoms with Gasteiger partial charge in [-0.1, -0.05) is 17.6 Å². The van der Waals surface area contributed by atoms with Gasteiger partial charge < -0.3 is 0 Å². The summed E-state index contributed by atoms with van der Waals surface area (Å²) in [5, 5.41) is 0. The van der Waals surface area contributed by atoms with Gasteiger partial charge in [-0.25, -0.2) is 0 Å². The standard InChI is InChI=1S/C9H10/c1-3-9-6-4-5-8(2)7-9/h1,6-7H,4-5H2,2H3. The van der Waals surface area contributed by atoms with Gasteiger partial charge in [0.2, 0.25) is 0 Å². The molecule has 0 spiro atoms. The van der Waals surface area contributed by atoms with Crippen molar-refractivity contribution in [2.75, 3.05) is 0 Å². The first-order valence-electron chi connectivity index (χ1n) is 3.17. The highest BCUT2D eigenvalue weighted by atomic mass is 14.0. The summed E-state index contributed by atoms with van der Waals surface area (Å²) in [5.41, 5.74) is 2.43. The third-order valence-electron chi connectivity index (χ3n) is 1.47. The summed E-state index contributed by atoms with van der Waals surface area (Å²) in [6.07, 6.45) is 11.7. The van der Waals surface area contributed by atoms with Crippen molar-refractivity contribution in [3.8, 4) is 12.3 Å². The minimum Gasteiger partial charge on any atom is -0.115 e. The molecule has 46 valence electrons. The Hall–Kier alpha value is -0.960.